The van der Waals surface area contributed by atoms with Gasteiger partial charge >= 0.3 is 7.60 Å². The van der Waals surface area contributed by atoms with Crippen molar-refractivity contribution in [3.8, 4) is 0 Å². The molecular formula is C9H14N3O4P. The van der Waals surface area contributed by atoms with E-state index in [1.54, 1.807) is 6.07 Å². The Labute approximate surface area is 98.4 Å². The van der Waals surface area contributed by atoms with Gasteiger partial charge in [0.25, 0.3) is 0 Å². The number of pyridine rings is 1. The van der Waals surface area contributed by atoms with Crippen LogP contribution in [0, 0.1) is 0 Å². The minimum absolute atomic E-state index is 0.269. The molecule has 0 saturated heterocycles. The molecule has 1 heterocycles. The molecule has 0 aliphatic rings. The molecule has 4 N–H and O–H groups in total. The summed E-state index contributed by atoms with van der Waals surface area (Å²) in [5.41, 5.74) is 5.44. The van der Waals surface area contributed by atoms with E-state index in [1.807, 2.05) is 0 Å². The summed E-state index contributed by atoms with van der Waals surface area (Å²) in [5, 5.41) is 0. The molecular weight excluding hydrogens is 245 g/mol. The Hall–Kier alpha value is -1.27. The van der Waals surface area contributed by atoms with Crippen molar-refractivity contribution in [1.29, 1.82) is 0 Å². The Balaban J connectivity index is 3.15. The van der Waals surface area contributed by atoms with Gasteiger partial charge in [-0.1, -0.05) is 6.07 Å². The zero-order valence-electron chi connectivity index (χ0n) is 9.22. The Morgan fingerprint density at radius 3 is 2.71 bits per heavy atom. The fourth-order valence-electron chi connectivity index (χ4n) is 1.45. The molecule has 94 valence electrons. The first-order valence-electron chi connectivity index (χ1n) is 4.78. The maximum absolute atomic E-state index is 11.4. The van der Waals surface area contributed by atoms with E-state index in [0.29, 0.717) is 0 Å². The highest BCUT2D eigenvalue weighted by Gasteiger charge is 2.36. The average molecular weight is 259 g/mol. The molecule has 1 atom stereocenters. The van der Waals surface area contributed by atoms with Gasteiger partial charge in [0.1, 0.15) is 0 Å². The fraction of sp³-hybridized carbons (Fsp3) is 0.333. The van der Waals surface area contributed by atoms with Crippen LogP contribution >= 0.6 is 7.60 Å². The van der Waals surface area contributed by atoms with Gasteiger partial charge in [0.2, 0.25) is 5.91 Å². The van der Waals surface area contributed by atoms with Crippen molar-refractivity contribution >= 4 is 13.5 Å². The number of carbonyl (C=O) groups excluding carboxylic acids is 1. The summed E-state index contributed by atoms with van der Waals surface area (Å²) in [5.74, 6) is -1.91. The molecule has 17 heavy (non-hydrogen) atoms. The molecule has 0 aliphatic carbocycles. The molecule has 1 amide bonds. The molecule has 8 heteroatoms. The molecule has 1 rings (SSSR count). The number of nitrogens with zero attached hydrogens (tertiary/aromatic N) is 2. The van der Waals surface area contributed by atoms with Crippen LogP contribution in [0.1, 0.15) is 11.3 Å². The van der Waals surface area contributed by atoms with E-state index >= 15 is 0 Å². The number of hydrogen-bond acceptors (Lipinski definition) is 4. The zero-order valence-corrected chi connectivity index (χ0v) is 10.1. The van der Waals surface area contributed by atoms with Crippen LogP contribution in [0.25, 0.3) is 0 Å². The van der Waals surface area contributed by atoms with Crippen LogP contribution in [0.15, 0.2) is 24.5 Å². The average Bonchev–Trinajstić information content (AvgIpc) is 2.27. The molecule has 1 unspecified atom stereocenters. The molecule has 0 saturated carbocycles. The third kappa shape index (κ3) is 3.34. The predicted octanol–water partition coefficient (Wildman–Crippen LogP) is -0.325. The maximum Gasteiger partial charge on any atom is 0.352 e. The lowest BCUT2D eigenvalue weighted by atomic mass is 10.2. The first kappa shape index (κ1) is 13.8. The summed E-state index contributed by atoms with van der Waals surface area (Å²) in [6.07, 6.45) is 2.79. The minimum atomic E-state index is -4.51. The summed E-state index contributed by atoms with van der Waals surface area (Å²) in [4.78, 5) is 34.7. The van der Waals surface area contributed by atoms with Crippen LogP contribution in [0.5, 0.6) is 0 Å². The van der Waals surface area contributed by atoms with Crippen LogP contribution in [-0.2, 0) is 9.36 Å². The second kappa shape index (κ2) is 5.37. The number of carbonyl (C=O) groups is 1. The molecule has 0 aromatic carbocycles. The lowest BCUT2D eigenvalue weighted by molar-refractivity contribution is -0.129. The number of rotatable bonds is 4. The highest BCUT2D eigenvalue weighted by atomic mass is 31.2. The topological polar surface area (TPSA) is 117 Å². The van der Waals surface area contributed by atoms with Gasteiger partial charge in [-0.25, -0.2) is 0 Å². The first-order chi connectivity index (χ1) is 7.88. The third-order valence-corrected chi connectivity index (χ3v) is 3.52. The second-order valence-corrected chi connectivity index (χ2v) is 5.13. The maximum atomic E-state index is 11.4. The largest absolute Gasteiger partial charge is 0.352 e. The van der Waals surface area contributed by atoms with Crippen molar-refractivity contribution in [3.05, 3.63) is 30.1 Å². The van der Waals surface area contributed by atoms with Crippen LogP contribution in [0.3, 0.4) is 0 Å². The van der Waals surface area contributed by atoms with Gasteiger partial charge in [0.15, 0.2) is 5.78 Å². The van der Waals surface area contributed by atoms with E-state index in [9.17, 15) is 19.1 Å². The van der Waals surface area contributed by atoms with Gasteiger partial charge in [0, 0.05) is 25.0 Å². The second-order valence-electron chi connectivity index (χ2n) is 3.46. The van der Waals surface area contributed by atoms with Crippen LogP contribution in [-0.4, -0.2) is 39.2 Å². The molecule has 0 bridgehead atoms. The van der Waals surface area contributed by atoms with Gasteiger partial charge in [-0.15, -0.1) is 0 Å². The van der Waals surface area contributed by atoms with E-state index in [2.05, 4.69) is 4.98 Å². The highest BCUT2D eigenvalue weighted by Crippen LogP contribution is 2.52. The molecule has 7 nitrogen and oxygen atoms in total. The van der Waals surface area contributed by atoms with Crippen molar-refractivity contribution in [3.63, 3.8) is 0 Å². The van der Waals surface area contributed by atoms with Gasteiger partial charge in [-0.2, -0.15) is 0 Å². The molecule has 0 spiro atoms. The van der Waals surface area contributed by atoms with Crippen LogP contribution in [0.2, 0.25) is 0 Å². The first-order valence-corrected chi connectivity index (χ1v) is 6.47. The number of aromatic nitrogens is 1. The van der Waals surface area contributed by atoms with Crippen LogP contribution < -0.4 is 5.73 Å². The summed E-state index contributed by atoms with van der Waals surface area (Å²) >= 11 is 0. The summed E-state index contributed by atoms with van der Waals surface area (Å²) in [6.45, 7) is -0.312. The van der Waals surface area contributed by atoms with Crippen molar-refractivity contribution in [2.45, 2.75) is 5.78 Å². The smallest absolute Gasteiger partial charge is 0.326 e. The Morgan fingerprint density at radius 2 is 2.29 bits per heavy atom. The van der Waals surface area contributed by atoms with Crippen LogP contribution in [0.4, 0.5) is 0 Å². The van der Waals surface area contributed by atoms with E-state index in [4.69, 9.17) is 5.73 Å². The standard InChI is InChI=1S/C9H14N3O4P/c1-12(8(13)5-10)9(17(14,15)16)7-3-2-4-11-6-7/h2-4,6,9H,5,10H2,1H3,(H2,14,15,16). The fourth-order valence-corrected chi connectivity index (χ4v) is 2.57. The van der Waals surface area contributed by atoms with Gasteiger partial charge in [-0.3, -0.25) is 14.3 Å². The lowest BCUT2D eigenvalue weighted by Crippen LogP contribution is -2.35. The van der Waals surface area contributed by atoms with Gasteiger partial charge in [-0.05, 0) is 6.07 Å². The minimum Gasteiger partial charge on any atom is -0.326 e. The normalized spacial score (nSPS) is 13.2. The Kier molecular flexibility index (Phi) is 4.36. The Bertz CT molecular complexity index is 433. The number of likely N-dealkylation sites (N-methyl/N-ethyl adjacent to an activating group) is 1. The van der Waals surface area contributed by atoms with Crippen molar-refractivity contribution in [1.82, 2.24) is 9.88 Å². The molecule has 1 aromatic rings. The number of amides is 1. The molecule has 0 fully saturated rings. The Morgan fingerprint density at radius 1 is 1.65 bits per heavy atom. The predicted molar refractivity (Wildman–Crippen MR) is 60.8 cm³/mol. The van der Waals surface area contributed by atoms with E-state index in [-0.39, 0.29) is 12.1 Å². The summed E-state index contributed by atoms with van der Waals surface area (Å²) in [6, 6.07) is 3.04. The quantitative estimate of drug-likeness (QED) is 0.638. The molecule has 1 aromatic heterocycles. The van der Waals surface area contributed by atoms with Crippen molar-refractivity contribution in [2.75, 3.05) is 13.6 Å². The molecule has 0 radical (unpaired) electrons. The molecule has 0 aliphatic heterocycles. The van der Waals surface area contributed by atoms with E-state index in [0.717, 1.165) is 4.90 Å². The SMILES string of the molecule is CN(C(=O)CN)C(c1cccnc1)P(=O)(O)O. The lowest BCUT2D eigenvalue weighted by Gasteiger charge is -2.28. The highest BCUT2D eigenvalue weighted by molar-refractivity contribution is 7.52. The third-order valence-electron chi connectivity index (χ3n) is 2.24. The van der Waals surface area contributed by atoms with Gasteiger partial charge < -0.3 is 20.4 Å². The van der Waals surface area contributed by atoms with Gasteiger partial charge in [0.05, 0.1) is 6.54 Å². The number of nitrogens with two attached hydrogens (primary N) is 1. The summed E-state index contributed by atoms with van der Waals surface area (Å²) < 4.78 is 11.4. The summed E-state index contributed by atoms with van der Waals surface area (Å²) in [7, 11) is -3.21. The van der Waals surface area contributed by atoms with E-state index < -0.39 is 19.3 Å². The monoisotopic (exact) mass is 259 g/mol. The zero-order chi connectivity index (χ0) is 13.1. The number of hydrogen-bond donors (Lipinski definition) is 3. The van der Waals surface area contributed by atoms with E-state index in [1.165, 1.54) is 25.5 Å². The van der Waals surface area contributed by atoms with Crippen molar-refractivity contribution < 1.29 is 19.1 Å². The van der Waals surface area contributed by atoms with Crippen molar-refractivity contribution in [2.24, 2.45) is 5.73 Å².